The molecule has 1 heterocycles. The summed E-state index contributed by atoms with van der Waals surface area (Å²) < 4.78 is 2.38. The maximum Gasteiger partial charge on any atom is 0.328 e. The van der Waals surface area contributed by atoms with Gasteiger partial charge in [0.15, 0.2) is 0 Å². The van der Waals surface area contributed by atoms with E-state index >= 15 is 0 Å². The Morgan fingerprint density at radius 2 is 2.11 bits per heavy atom. The second-order valence-electron chi connectivity index (χ2n) is 3.88. The summed E-state index contributed by atoms with van der Waals surface area (Å²) in [4.78, 5) is 25.3. The number of nitrogens with one attached hydrogen (secondary N) is 1. The number of aromatic nitrogens is 2. The van der Waals surface area contributed by atoms with Crippen molar-refractivity contribution < 1.29 is 0 Å². The third-order valence-electron chi connectivity index (χ3n) is 2.55. The quantitative estimate of drug-likeness (QED) is 0.880. The number of hydrogen-bond acceptors (Lipinski definition) is 3. The molecule has 0 amide bonds. The van der Waals surface area contributed by atoms with Crippen LogP contribution in [0.15, 0.2) is 44.5 Å². The van der Waals surface area contributed by atoms with E-state index < -0.39 is 11.2 Å². The zero-order chi connectivity index (χ0) is 13.1. The molecule has 0 saturated carbocycles. The molecule has 94 valence electrons. The Hall–Kier alpha value is -1.66. The fourth-order valence-electron chi connectivity index (χ4n) is 1.65. The van der Waals surface area contributed by atoms with Crippen LogP contribution < -0.4 is 17.0 Å². The van der Waals surface area contributed by atoms with Gasteiger partial charge in [0.25, 0.3) is 5.56 Å². The first-order valence-corrected chi connectivity index (χ1v) is 6.16. The predicted octanol–water partition coefficient (Wildman–Crippen LogP) is 0.806. The van der Waals surface area contributed by atoms with Crippen LogP contribution in [0.5, 0.6) is 0 Å². The van der Waals surface area contributed by atoms with Crippen molar-refractivity contribution in [3.05, 3.63) is 66.9 Å². The second-order valence-corrected chi connectivity index (χ2v) is 4.79. The first-order valence-electron chi connectivity index (χ1n) is 5.37. The van der Waals surface area contributed by atoms with Crippen molar-refractivity contribution in [1.82, 2.24) is 9.55 Å². The van der Waals surface area contributed by atoms with Gasteiger partial charge < -0.3 is 5.73 Å². The van der Waals surface area contributed by atoms with Crippen molar-refractivity contribution in [2.75, 3.05) is 0 Å². The summed E-state index contributed by atoms with van der Waals surface area (Å²) in [6.45, 7) is 0.496. The predicted molar refractivity (Wildman–Crippen MR) is 72.5 cm³/mol. The summed E-state index contributed by atoms with van der Waals surface area (Å²) in [5.74, 6) is 0. The Kier molecular flexibility index (Phi) is 3.78. The van der Waals surface area contributed by atoms with Gasteiger partial charge in [0.1, 0.15) is 0 Å². The molecule has 0 spiro atoms. The minimum atomic E-state index is -0.433. The molecule has 2 rings (SSSR count). The molecule has 0 saturated heterocycles. The van der Waals surface area contributed by atoms with E-state index in [1.807, 2.05) is 24.3 Å². The minimum Gasteiger partial charge on any atom is -0.326 e. The molecular weight excluding hydrogens is 298 g/mol. The number of rotatable bonds is 3. The Balaban J connectivity index is 2.40. The molecule has 0 bridgehead atoms. The lowest BCUT2D eigenvalue weighted by Crippen LogP contribution is -2.32. The van der Waals surface area contributed by atoms with Gasteiger partial charge in [-0.15, -0.1) is 0 Å². The standard InChI is InChI=1S/C12H12BrN3O2/c13-10-3-1-2-8(4-10)6-16-7-9(5-14)11(17)15-12(16)18/h1-4,7H,5-6,14H2,(H,15,17,18). The number of H-pyrrole nitrogens is 1. The normalized spacial score (nSPS) is 10.6. The molecule has 6 heteroatoms. The molecule has 0 aliphatic rings. The lowest BCUT2D eigenvalue weighted by molar-refractivity contribution is 0.705. The highest BCUT2D eigenvalue weighted by Crippen LogP contribution is 2.12. The maximum atomic E-state index is 11.7. The van der Waals surface area contributed by atoms with Gasteiger partial charge in [-0.05, 0) is 17.7 Å². The molecular formula is C12H12BrN3O2. The summed E-state index contributed by atoms with van der Waals surface area (Å²) in [7, 11) is 0. The summed E-state index contributed by atoms with van der Waals surface area (Å²) in [6, 6.07) is 7.62. The fraction of sp³-hybridized carbons (Fsp3) is 0.167. The highest BCUT2D eigenvalue weighted by atomic mass is 79.9. The van der Waals surface area contributed by atoms with Crippen molar-refractivity contribution in [2.24, 2.45) is 5.73 Å². The van der Waals surface area contributed by atoms with Crippen molar-refractivity contribution in [3.63, 3.8) is 0 Å². The number of benzene rings is 1. The average Bonchev–Trinajstić information content (AvgIpc) is 2.33. The van der Waals surface area contributed by atoms with Gasteiger partial charge in [-0.1, -0.05) is 28.1 Å². The van der Waals surface area contributed by atoms with E-state index in [4.69, 9.17) is 5.73 Å². The average molecular weight is 310 g/mol. The molecule has 0 unspecified atom stereocenters. The van der Waals surface area contributed by atoms with Crippen molar-refractivity contribution in [2.45, 2.75) is 13.1 Å². The largest absolute Gasteiger partial charge is 0.328 e. The number of aromatic amines is 1. The third-order valence-corrected chi connectivity index (χ3v) is 3.04. The van der Waals surface area contributed by atoms with Crippen LogP contribution in [0.2, 0.25) is 0 Å². The highest BCUT2D eigenvalue weighted by Gasteiger charge is 2.04. The summed E-state index contributed by atoms with van der Waals surface area (Å²) in [5, 5.41) is 0. The first kappa shape index (κ1) is 12.8. The Bertz CT molecular complexity index is 676. The molecule has 2 aromatic rings. The summed E-state index contributed by atoms with van der Waals surface area (Å²) in [5.41, 5.74) is 5.94. The van der Waals surface area contributed by atoms with E-state index in [2.05, 4.69) is 20.9 Å². The van der Waals surface area contributed by atoms with Crippen LogP contribution in [0.1, 0.15) is 11.1 Å². The third kappa shape index (κ3) is 2.77. The molecule has 0 fully saturated rings. The number of nitrogens with zero attached hydrogens (tertiary/aromatic N) is 1. The van der Waals surface area contributed by atoms with E-state index in [9.17, 15) is 9.59 Å². The highest BCUT2D eigenvalue weighted by molar-refractivity contribution is 9.10. The lowest BCUT2D eigenvalue weighted by atomic mass is 10.2. The number of hydrogen-bond donors (Lipinski definition) is 2. The van der Waals surface area contributed by atoms with Crippen LogP contribution in [0.3, 0.4) is 0 Å². The summed E-state index contributed by atoms with van der Waals surface area (Å²) >= 11 is 3.37. The van der Waals surface area contributed by atoms with Gasteiger partial charge in [0.2, 0.25) is 0 Å². The topological polar surface area (TPSA) is 80.9 Å². The maximum absolute atomic E-state index is 11.7. The molecule has 18 heavy (non-hydrogen) atoms. The Labute approximate surface area is 111 Å². The fourth-order valence-corrected chi connectivity index (χ4v) is 2.10. The summed E-state index contributed by atoms with van der Waals surface area (Å²) in [6.07, 6.45) is 1.50. The van der Waals surface area contributed by atoms with Crippen LogP contribution in [0.4, 0.5) is 0 Å². The van der Waals surface area contributed by atoms with E-state index in [1.165, 1.54) is 10.8 Å². The molecule has 5 nitrogen and oxygen atoms in total. The van der Waals surface area contributed by atoms with Crippen molar-refractivity contribution in [1.29, 1.82) is 0 Å². The molecule has 0 aliphatic heterocycles. The van der Waals surface area contributed by atoms with Crippen LogP contribution in [-0.4, -0.2) is 9.55 Å². The first-order chi connectivity index (χ1) is 8.60. The van der Waals surface area contributed by atoms with E-state index in [-0.39, 0.29) is 6.54 Å². The van der Waals surface area contributed by atoms with Crippen LogP contribution in [-0.2, 0) is 13.1 Å². The molecule has 1 aromatic carbocycles. The van der Waals surface area contributed by atoms with Gasteiger partial charge in [-0.3, -0.25) is 14.3 Å². The van der Waals surface area contributed by atoms with E-state index in [0.717, 1.165) is 10.0 Å². The van der Waals surface area contributed by atoms with E-state index in [1.54, 1.807) is 0 Å². The van der Waals surface area contributed by atoms with Gasteiger partial charge >= 0.3 is 5.69 Å². The molecule has 3 N–H and O–H groups in total. The van der Waals surface area contributed by atoms with Crippen molar-refractivity contribution >= 4 is 15.9 Å². The molecule has 0 atom stereocenters. The number of nitrogens with two attached hydrogens (primary N) is 1. The van der Waals surface area contributed by atoms with Gasteiger partial charge in [0.05, 0.1) is 6.54 Å². The Morgan fingerprint density at radius 3 is 2.78 bits per heavy atom. The molecule has 1 aromatic heterocycles. The number of halogens is 1. The van der Waals surface area contributed by atoms with Crippen LogP contribution in [0.25, 0.3) is 0 Å². The zero-order valence-electron chi connectivity index (χ0n) is 9.52. The van der Waals surface area contributed by atoms with Gasteiger partial charge in [-0.2, -0.15) is 0 Å². The zero-order valence-corrected chi connectivity index (χ0v) is 11.1. The monoisotopic (exact) mass is 309 g/mol. The van der Waals surface area contributed by atoms with Gasteiger partial charge in [0, 0.05) is 22.8 Å². The SMILES string of the molecule is NCc1cn(Cc2cccc(Br)c2)c(=O)[nH]c1=O. The lowest BCUT2D eigenvalue weighted by Gasteiger charge is -2.07. The smallest absolute Gasteiger partial charge is 0.326 e. The Morgan fingerprint density at radius 1 is 1.33 bits per heavy atom. The minimum absolute atomic E-state index is 0.105. The van der Waals surface area contributed by atoms with E-state index in [0.29, 0.717) is 12.1 Å². The van der Waals surface area contributed by atoms with Crippen LogP contribution in [0, 0.1) is 0 Å². The van der Waals surface area contributed by atoms with Crippen LogP contribution >= 0.6 is 15.9 Å². The van der Waals surface area contributed by atoms with Crippen molar-refractivity contribution in [3.8, 4) is 0 Å². The molecule has 0 aliphatic carbocycles. The second kappa shape index (κ2) is 5.32. The van der Waals surface area contributed by atoms with Gasteiger partial charge in [-0.25, -0.2) is 4.79 Å². The molecule has 0 radical (unpaired) electrons.